The molecule has 0 N–H and O–H groups in total. The number of aromatic nitrogens is 2. The molecule has 1 heterocycles. The number of rotatable bonds is 3. The zero-order valence-corrected chi connectivity index (χ0v) is 11.6. The molecule has 2 aromatic rings. The van der Waals surface area contributed by atoms with Gasteiger partial charge in [0.25, 0.3) is 5.91 Å². The SMILES string of the molecule is O=C(COc1ccc(I)cc1)n1cc(Cl)cn1. The Kier molecular flexibility index (Phi) is 4.01. The lowest BCUT2D eigenvalue weighted by molar-refractivity contribution is 0.0821. The molecule has 0 radical (unpaired) electrons. The molecule has 4 nitrogen and oxygen atoms in total. The zero-order chi connectivity index (χ0) is 12.3. The lowest BCUT2D eigenvalue weighted by atomic mass is 10.3. The van der Waals surface area contributed by atoms with Gasteiger partial charge in [-0.3, -0.25) is 4.79 Å². The van der Waals surface area contributed by atoms with E-state index in [1.165, 1.54) is 12.4 Å². The fraction of sp³-hybridized carbons (Fsp3) is 0.0909. The summed E-state index contributed by atoms with van der Waals surface area (Å²) in [5, 5.41) is 4.22. The largest absolute Gasteiger partial charge is 0.484 e. The Labute approximate surface area is 117 Å². The molecule has 0 aliphatic carbocycles. The molecule has 0 atom stereocenters. The molecule has 6 heteroatoms. The maximum absolute atomic E-state index is 11.6. The summed E-state index contributed by atoms with van der Waals surface area (Å²) in [6, 6.07) is 7.44. The van der Waals surface area contributed by atoms with E-state index in [0.29, 0.717) is 10.8 Å². The van der Waals surface area contributed by atoms with E-state index in [0.717, 1.165) is 8.25 Å². The lowest BCUT2D eigenvalue weighted by Crippen LogP contribution is -2.19. The van der Waals surface area contributed by atoms with Crippen LogP contribution in [0, 0.1) is 3.57 Å². The van der Waals surface area contributed by atoms with E-state index < -0.39 is 0 Å². The third-order valence-electron chi connectivity index (χ3n) is 1.98. The minimum Gasteiger partial charge on any atom is -0.484 e. The van der Waals surface area contributed by atoms with Crippen molar-refractivity contribution in [1.82, 2.24) is 9.78 Å². The van der Waals surface area contributed by atoms with Crippen LogP contribution in [0.15, 0.2) is 36.7 Å². The molecule has 88 valence electrons. The Morgan fingerprint density at radius 2 is 2.12 bits per heavy atom. The molecule has 1 aromatic carbocycles. The van der Waals surface area contributed by atoms with Crippen molar-refractivity contribution in [3.63, 3.8) is 0 Å². The fourth-order valence-electron chi connectivity index (χ4n) is 1.18. The number of benzene rings is 1. The first-order valence-electron chi connectivity index (χ1n) is 4.77. The number of nitrogens with zero attached hydrogens (tertiary/aromatic N) is 2. The van der Waals surface area contributed by atoms with E-state index in [1.54, 1.807) is 0 Å². The van der Waals surface area contributed by atoms with E-state index in [-0.39, 0.29) is 12.5 Å². The molecule has 0 saturated heterocycles. The average molecular weight is 363 g/mol. The summed E-state index contributed by atoms with van der Waals surface area (Å²) < 4.78 is 7.60. The number of hydrogen-bond acceptors (Lipinski definition) is 3. The predicted octanol–water partition coefficient (Wildman–Crippen LogP) is 2.86. The first-order valence-corrected chi connectivity index (χ1v) is 6.22. The van der Waals surface area contributed by atoms with Crippen LogP contribution in [0.1, 0.15) is 4.79 Å². The van der Waals surface area contributed by atoms with Gasteiger partial charge in [-0.05, 0) is 46.9 Å². The van der Waals surface area contributed by atoms with Crippen molar-refractivity contribution in [3.8, 4) is 5.75 Å². The third-order valence-corrected chi connectivity index (χ3v) is 2.90. The minimum absolute atomic E-state index is 0.0708. The maximum atomic E-state index is 11.6. The Hall–Kier alpha value is -1.08. The average Bonchev–Trinajstić information content (AvgIpc) is 2.75. The number of halogens is 2. The van der Waals surface area contributed by atoms with Crippen LogP contribution in [0.4, 0.5) is 0 Å². The quantitative estimate of drug-likeness (QED) is 0.789. The first kappa shape index (κ1) is 12.4. The highest BCUT2D eigenvalue weighted by Crippen LogP contribution is 2.13. The number of carbonyl (C=O) groups excluding carboxylic acids is 1. The second-order valence-electron chi connectivity index (χ2n) is 3.24. The number of hydrogen-bond donors (Lipinski definition) is 0. The monoisotopic (exact) mass is 362 g/mol. The Balaban J connectivity index is 1.94. The second kappa shape index (κ2) is 5.50. The van der Waals surface area contributed by atoms with Gasteiger partial charge in [-0.15, -0.1) is 0 Å². The van der Waals surface area contributed by atoms with Gasteiger partial charge in [-0.25, -0.2) is 4.68 Å². The Morgan fingerprint density at radius 3 is 2.71 bits per heavy atom. The summed E-state index contributed by atoms with van der Waals surface area (Å²) in [4.78, 5) is 11.6. The van der Waals surface area contributed by atoms with Crippen LogP contribution in [-0.4, -0.2) is 22.3 Å². The van der Waals surface area contributed by atoms with Crippen LogP contribution in [-0.2, 0) is 0 Å². The number of ether oxygens (including phenoxy) is 1. The van der Waals surface area contributed by atoms with Crippen LogP contribution in [0.5, 0.6) is 5.75 Å². The van der Waals surface area contributed by atoms with Gasteiger partial charge >= 0.3 is 0 Å². The Morgan fingerprint density at radius 1 is 1.41 bits per heavy atom. The van der Waals surface area contributed by atoms with Gasteiger partial charge in [-0.1, -0.05) is 11.6 Å². The summed E-state index contributed by atoms with van der Waals surface area (Å²) in [6.07, 6.45) is 2.85. The van der Waals surface area contributed by atoms with Crippen molar-refractivity contribution in [3.05, 3.63) is 45.3 Å². The normalized spacial score (nSPS) is 10.2. The summed E-state index contributed by atoms with van der Waals surface area (Å²) in [6.45, 7) is -0.0708. The van der Waals surface area contributed by atoms with Crippen LogP contribution >= 0.6 is 34.2 Å². The van der Waals surface area contributed by atoms with Crippen molar-refractivity contribution in [2.24, 2.45) is 0 Å². The molecule has 1 aromatic heterocycles. The molecule has 0 aliphatic rings. The summed E-state index contributed by atoms with van der Waals surface area (Å²) in [7, 11) is 0. The van der Waals surface area contributed by atoms with Crippen molar-refractivity contribution in [2.45, 2.75) is 0 Å². The summed E-state index contributed by atoms with van der Waals surface area (Å²) >= 11 is 7.86. The standard InChI is InChI=1S/C11H8ClIN2O2/c12-8-5-14-15(6-8)11(16)7-17-10-3-1-9(13)2-4-10/h1-6H,7H2. The molecule has 0 unspecified atom stereocenters. The second-order valence-corrected chi connectivity index (χ2v) is 4.92. The summed E-state index contributed by atoms with van der Waals surface area (Å²) in [5.74, 6) is 0.382. The number of carbonyl (C=O) groups is 1. The highest BCUT2D eigenvalue weighted by molar-refractivity contribution is 14.1. The molecule has 0 bridgehead atoms. The van der Waals surface area contributed by atoms with Crippen LogP contribution in [0.3, 0.4) is 0 Å². The highest BCUT2D eigenvalue weighted by Gasteiger charge is 2.07. The zero-order valence-electron chi connectivity index (χ0n) is 8.64. The van der Waals surface area contributed by atoms with Gasteiger partial charge < -0.3 is 4.74 Å². The molecule has 0 amide bonds. The lowest BCUT2D eigenvalue weighted by Gasteiger charge is -2.04. The van der Waals surface area contributed by atoms with Crippen molar-refractivity contribution in [2.75, 3.05) is 6.61 Å². The van der Waals surface area contributed by atoms with E-state index >= 15 is 0 Å². The van der Waals surface area contributed by atoms with E-state index in [1.807, 2.05) is 24.3 Å². The molecule has 0 spiro atoms. The van der Waals surface area contributed by atoms with Crippen LogP contribution < -0.4 is 4.74 Å². The molecule has 2 rings (SSSR count). The van der Waals surface area contributed by atoms with Gasteiger partial charge in [0, 0.05) is 3.57 Å². The van der Waals surface area contributed by atoms with Gasteiger partial charge in [0.05, 0.1) is 17.4 Å². The van der Waals surface area contributed by atoms with Gasteiger partial charge in [-0.2, -0.15) is 5.10 Å². The minimum atomic E-state index is -0.268. The van der Waals surface area contributed by atoms with E-state index in [4.69, 9.17) is 16.3 Å². The highest BCUT2D eigenvalue weighted by atomic mass is 127. The molecule has 0 aliphatic heterocycles. The molecular formula is C11H8ClIN2O2. The van der Waals surface area contributed by atoms with Gasteiger partial charge in [0.1, 0.15) is 5.75 Å². The van der Waals surface area contributed by atoms with Crippen LogP contribution in [0.2, 0.25) is 5.02 Å². The van der Waals surface area contributed by atoms with Gasteiger partial charge in [0.2, 0.25) is 0 Å². The maximum Gasteiger partial charge on any atom is 0.284 e. The Bertz CT molecular complexity index is 525. The predicted molar refractivity (Wildman–Crippen MR) is 72.5 cm³/mol. The third kappa shape index (κ3) is 3.44. The van der Waals surface area contributed by atoms with Crippen molar-refractivity contribution >= 4 is 40.1 Å². The van der Waals surface area contributed by atoms with Gasteiger partial charge in [0.15, 0.2) is 6.61 Å². The molecule has 0 fully saturated rings. The first-order chi connectivity index (χ1) is 8.15. The molecule has 17 heavy (non-hydrogen) atoms. The summed E-state index contributed by atoms with van der Waals surface area (Å²) in [5.41, 5.74) is 0. The fourth-order valence-corrected chi connectivity index (χ4v) is 1.67. The topological polar surface area (TPSA) is 44.1 Å². The smallest absolute Gasteiger partial charge is 0.284 e. The van der Waals surface area contributed by atoms with Crippen molar-refractivity contribution < 1.29 is 9.53 Å². The van der Waals surface area contributed by atoms with E-state index in [2.05, 4.69) is 27.7 Å². The van der Waals surface area contributed by atoms with E-state index in [9.17, 15) is 4.79 Å². The molecule has 0 saturated carbocycles. The van der Waals surface area contributed by atoms with Crippen molar-refractivity contribution in [1.29, 1.82) is 0 Å². The van der Waals surface area contributed by atoms with Crippen LogP contribution in [0.25, 0.3) is 0 Å². The molecular weight excluding hydrogens is 354 g/mol.